The first-order valence-electron chi connectivity index (χ1n) is 1.56. The third-order valence-electron chi connectivity index (χ3n) is 0.405. The topological polar surface area (TPSA) is 86.2 Å². The minimum Gasteiger partial charge on any atom is -0.368 e. The van der Waals surface area contributed by atoms with Crippen LogP contribution in [-0.2, 0) is 9.36 Å². The average molecular weight is 120 g/mol. The molecule has 0 aromatic rings. The van der Waals surface area contributed by atoms with E-state index in [1.807, 2.05) is 0 Å². The van der Waals surface area contributed by atoms with E-state index in [4.69, 9.17) is 5.73 Å². The van der Waals surface area contributed by atoms with Gasteiger partial charge in [0.05, 0.1) is 0 Å². The predicted molar refractivity (Wildman–Crippen MR) is 24.8 cm³/mol. The first-order valence-corrected chi connectivity index (χ1v) is 2.44. The maximum absolute atomic E-state index is 9.82. The van der Waals surface area contributed by atoms with Crippen LogP contribution in [-0.4, -0.2) is 11.7 Å². The molecule has 5 heteroatoms. The molecule has 0 bridgehead atoms. The number of hydrogen-bond donors (Lipinski definition) is 2. The van der Waals surface area contributed by atoms with Gasteiger partial charge in [-0.05, 0) is 0 Å². The predicted octanol–water partition coefficient (Wildman–Crippen LogP) is -0.952. The molecule has 0 aliphatic heterocycles. The highest BCUT2D eigenvalue weighted by atomic mass is 31.1. The standard InChI is InChI=1S/C2H5N2O2P/c3-1(5)2(4)7-6/h2H,4H2,(H2,3,5). The van der Waals surface area contributed by atoms with Crippen LogP contribution in [0.1, 0.15) is 0 Å². The van der Waals surface area contributed by atoms with E-state index < -0.39 is 20.2 Å². The van der Waals surface area contributed by atoms with Crippen molar-refractivity contribution >= 4 is 14.4 Å². The first kappa shape index (κ1) is 6.53. The number of amides is 1. The van der Waals surface area contributed by atoms with Gasteiger partial charge in [0.15, 0.2) is 14.2 Å². The van der Waals surface area contributed by atoms with Crippen LogP contribution in [0.25, 0.3) is 0 Å². The first-order chi connectivity index (χ1) is 3.18. The van der Waals surface area contributed by atoms with Gasteiger partial charge in [0.2, 0.25) is 5.91 Å². The summed E-state index contributed by atoms with van der Waals surface area (Å²) >= 11 is 0. The van der Waals surface area contributed by atoms with Crippen molar-refractivity contribution in [3.8, 4) is 0 Å². The number of carbonyl (C=O) groups excluding carboxylic acids is 1. The fourth-order valence-electron chi connectivity index (χ4n) is 0.0519. The van der Waals surface area contributed by atoms with E-state index in [1.54, 1.807) is 0 Å². The van der Waals surface area contributed by atoms with Crippen molar-refractivity contribution in [2.45, 2.75) is 5.78 Å². The molecule has 0 spiro atoms. The van der Waals surface area contributed by atoms with Crippen molar-refractivity contribution in [2.24, 2.45) is 11.5 Å². The summed E-state index contributed by atoms with van der Waals surface area (Å²) in [4.78, 5) is 9.82. The summed E-state index contributed by atoms with van der Waals surface area (Å²) in [6, 6.07) is 0. The lowest BCUT2D eigenvalue weighted by atomic mass is 10.6. The van der Waals surface area contributed by atoms with Crippen LogP contribution in [0.5, 0.6) is 0 Å². The van der Waals surface area contributed by atoms with Crippen LogP contribution >= 0.6 is 8.46 Å². The highest BCUT2D eigenvalue weighted by molar-refractivity contribution is 7.26. The molecule has 1 unspecified atom stereocenters. The Bertz CT molecular complexity index is 93.7. The summed E-state index contributed by atoms with van der Waals surface area (Å²) in [5, 5.41) is 0. The van der Waals surface area contributed by atoms with E-state index >= 15 is 0 Å². The van der Waals surface area contributed by atoms with Crippen LogP contribution in [0.4, 0.5) is 0 Å². The molecular weight excluding hydrogens is 115 g/mol. The van der Waals surface area contributed by atoms with Gasteiger partial charge in [-0.25, -0.2) is 0 Å². The van der Waals surface area contributed by atoms with E-state index in [-0.39, 0.29) is 0 Å². The Kier molecular flexibility index (Phi) is 2.48. The molecule has 0 aliphatic carbocycles. The molecule has 1 atom stereocenters. The monoisotopic (exact) mass is 120 g/mol. The second kappa shape index (κ2) is 2.66. The van der Waals surface area contributed by atoms with Crippen LogP contribution in [0.3, 0.4) is 0 Å². The molecule has 0 radical (unpaired) electrons. The lowest BCUT2D eigenvalue weighted by Gasteiger charge is -1.89. The Hall–Kier alpha value is -0.470. The fourth-order valence-corrected chi connectivity index (χ4v) is 0.156. The quantitative estimate of drug-likeness (QED) is 0.460. The molecule has 40 valence electrons. The van der Waals surface area contributed by atoms with Crippen LogP contribution in [0.2, 0.25) is 0 Å². The van der Waals surface area contributed by atoms with Crippen molar-refractivity contribution in [1.29, 1.82) is 0 Å². The molecular formula is C2H5N2O2P. The number of nitrogens with two attached hydrogens (primary N) is 2. The highest BCUT2D eigenvalue weighted by Gasteiger charge is 2.05. The summed E-state index contributed by atoms with van der Waals surface area (Å²) in [5.41, 5.74) is 9.39. The fraction of sp³-hybridized carbons (Fsp3) is 0.500. The van der Waals surface area contributed by atoms with E-state index in [1.165, 1.54) is 0 Å². The van der Waals surface area contributed by atoms with E-state index in [0.717, 1.165) is 0 Å². The average Bonchev–Trinajstić information content (AvgIpc) is 1.65. The van der Waals surface area contributed by atoms with Crippen molar-refractivity contribution in [3.63, 3.8) is 0 Å². The Morgan fingerprint density at radius 2 is 2.14 bits per heavy atom. The van der Waals surface area contributed by atoms with Gasteiger partial charge < -0.3 is 11.5 Å². The zero-order chi connectivity index (χ0) is 5.86. The Labute approximate surface area is 42.1 Å². The zero-order valence-corrected chi connectivity index (χ0v) is 4.39. The van der Waals surface area contributed by atoms with Crippen LogP contribution in [0.15, 0.2) is 0 Å². The summed E-state index contributed by atoms with van der Waals surface area (Å²) in [7, 11) is -0.424. The molecule has 0 rings (SSSR count). The molecule has 0 fully saturated rings. The molecule has 4 N–H and O–H groups in total. The van der Waals surface area contributed by atoms with Gasteiger partial charge in [-0.3, -0.25) is 9.36 Å². The van der Waals surface area contributed by atoms with Gasteiger partial charge in [-0.15, -0.1) is 0 Å². The van der Waals surface area contributed by atoms with Gasteiger partial charge >= 0.3 is 0 Å². The lowest BCUT2D eigenvalue weighted by Crippen LogP contribution is -2.30. The van der Waals surface area contributed by atoms with Crippen molar-refractivity contribution in [1.82, 2.24) is 0 Å². The SMILES string of the molecule is NC(=O)C(N)P=O. The lowest BCUT2D eigenvalue weighted by molar-refractivity contribution is -0.117. The van der Waals surface area contributed by atoms with Gasteiger partial charge in [-0.1, -0.05) is 0 Å². The number of rotatable bonds is 2. The molecule has 0 aromatic carbocycles. The number of primary amides is 1. The summed E-state index contributed by atoms with van der Waals surface area (Å²) in [5.74, 6) is -1.79. The van der Waals surface area contributed by atoms with Gasteiger partial charge in [0.25, 0.3) is 0 Å². The minimum atomic E-state index is -1.04. The summed E-state index contributed by atoms with van der Waals surface area (Å²) < 4.78 is 9.62. The van der Waals surface area contributed by atoms with Crippen LogP contribution < -0.4 is 11.5 Å². The highest BCUT2D eigenvalue weighted by Crippen LogP contribution is 1.94. The Morgan fingerprint density at radius 3 is 2.14 bits per heavy atom. The van der Waals surface area contributed by atoms with Gasteiger partial charge in [-0.2, -0.15) is 0 Å². The second-order valence-corrected chi connectivity index (χ2v) is 1.72. The van der Waals surface area contributed by atoms with Crippen molar-refractivity contribution in [2.75, 3.05) is 0 Å². The molecule has 1 amide bonds. The number of carbonyl (C=O) groups is 1. The molecule has 4 nitrogen and oxygen atoms in total. The van der Waals surface area contributed by atoms with Crippen molar-refractivity contribution in [3.05, 3.63) is 0 Å². The molecule has 0 aromatic heterocycles. The maximum atomic E-state index is 9.82. The molecule has 0 heterocycles. The third kappa shape index (κ3) is 2.25. The molecule has 0 saturated carbocycles. The number of hydrogen-bond acceptors (Lipinski definition) is 3. The van der Waals surface area contributed by atoms with Crippen molar-refractivity contribution < 1.29 is 9.36 Å². The second-order valence-electron chi connectivity index (χ2n) is 0.953. The smallest absolute Gasteiger partial charge is 0.246 e. The van der Waals surface area contributed by atoms with E-state index in [9.17, 15) is 9.36 Å². The van der Waals surface area contributed by atoms with Gasteiger partial charge in [0.1, 0.15) is 0 Å². The van der Waals surface area contributed by atoms with E-state index in [0.29, 0.717) is 0 Å². The Morgan fingerprint density at radius 1 is 1.71 bits per heavy atom. The van der Waals surface area contributed by atoms with Gasteiger partial charge in [0, 0.05) is 0 Å². The summed E-state index contributed by atoms with van der Waals surface area (Å²) in [6.07, 6.45) is 0. The van der Waals surface area contributed by atoms with Crippen LogP contribution in [0, 0.1) is 0 Å². The molecule has 0 saturated heterocycles. The molecule has 7 heavy (non-hydrogen) atoms. The third-order valence-corrected chi connectivity index (χ3v) is 0.887. The largest absolute Gasteiger partial charge is 0.368 e. The normalized spacial score (nSPS) is 13.9. The molecule has 0 aliphatic rings. The maximum Gasteiger partial charge on any atom is 0.246 e. The van der Waals surface area contributed by atoms with E-state index in [2.05, 4.69) is 5.73 Å². The minimum absolute atomic E-state index is 0.424. The summed E-state index contributed by atoms with van der Waals surface area (Å²) in [6.45, 7) is 0. The zero-order valence-electron chi connectivity index (χ0n) is 3.50. The Balaban J connectivity index is 3.55.